The first-order valence-electron chi connectivity index (χ1n) is 7.91. The lowest BCUT2D eigenvalue weighted by atomic mass is 9.97. The molecule has 1 aromatic rings. The van der Waals surface area contributed by atoms with Crippen molar-refractivity contribution in [2.75, 3.05) is 31.9 Å². The largest absolute Gasteiger partial charge is 0.397 e. The Hall–Kier alpha value is -1.13. The maximum absolute atomic E-state index is 5.68. The molecule has 0 bridgehead atoms. The summed E-state index contributed by atoms with van der Waals surface area (Å²) in [5, 5.41) is 0. The van der Waals surface area contributed by atoms with E-state index in [1.165, 1.54) is 38.9 Å². The quantitative estimate of drug-likeness (QED) is 0.912. The van der Waals surface area contributed by atoms with Gasteiger partial charge in [0.2, 0.25) is 0 Å². The molecule has 1 aromatic heterocycles. The summed E-state index contributed by atoms with van der Waals surface area (Å²) < 4.78 is 0. The molecule has 2 fully saturated rings. The molecule has 2 saturated heterocycles. The lowest BCUT2D eigenvalue weighted by Gasteiger charge is -2.47. The van der Waals surface area contributed by atoms with Gasteiger partial charge in [-0.3, -0.25) is 14.8 Å². The molecule has 0 aliphatic carbocycles. The van der Waals surface area contributed by atoms with Crippen LogP contribution in [-0.4, -0.2) is 53.0 Å². The smallest absolute Gasteiger partial charge is 0.0501 e. The SMILES string of the molecule is CC1CN2CCCCC2CN1CCc1ccc(N)cn1. The Balaban J connectivity index is 1.55. The Kier molecular flexibility index (Phi) is 4.22. The van der Waals surface area contributed by atoms with Crippen LogP contribution < -0.4 is 5.73 Å². The highest BCUT2D eigenvalue weighted by Gasteiger charge is 2.32. The van der Waals surface area contributed by atoms with Crippen molar-refractivity contribution in [2.24, 2.45) is 0 Å². The van der Waals surface area contributed by atoms with Crippen molar-refractivity contribution in [3.05, 3.63) is 24.0 Å². The zero-order valence-electron chi connectivity index (χ0n) is 12.5. The van der Waals surface area contributed by atoms with Crippen molar-refractivity contribution in [2.45, 2.75) is 44.7 Å². The molecule has 0 radical (unpaired) electrons. The number of anilines is 1. The van der Waals surface area contributed by atoms with Crippen LogP contribution in [0.1, 0.15) is 31.9 Å². The van der Waals surface area contributed by atoms with Gasteiger partial charge >= 0.3 is 0 Å². The van der Waals surface area contributed by atoms with Crippen molar-refractivity contribution in [1.29, 1.82) is 0 Å². The van der Waals surface area contributed by atoms with Crippen LogP contribution in [0.5, 0.6) is 0 Å². The van der Waals surface area contributed by atoms with Gasteiger partial charge in [0.25, 0.3) is 0 Å². The second-order valence-electron chi connectivity index (χ2n) is 6.32. The summed E-state index contributed by atoms with van der Waals surface area (Å²) in [5.74, 6) is 0. The van der Waals surface area contributed by atoms with E-state index < -0.39 is 0 Å². The maximum Gasteiger partial charge on any atom is 0.0501 e. The minimum absolute atomic E-state index is 0.665. The Morgan fingerprint density at radius 1 is 1.30 bits per heavy atom. The number of nitrogen functional groups attached to an aromatic ring is 1. The zero-order chi connectivity index (χ0) is 13.9. The Bertz CT molecular complexity index is 431. The molecule has 2 aliphatic heterocycles. The lowest BCUT2D eigenvalue weighted by Crippen LogP contribution is -2.58. The summed E-state index contributed by atoms with van der Waals surface area (Å²) in [6.07, 6.45) is 6.96. The predicted molar refractivity (Wildman–Crippen MR) is 82.6 cm³/mol. The van der Waals surface area contributed by atoms with Gasteiger partial charge in [-0.1, -0.05) is 6.42 Å². The van der Waals surface area contributed by atoms with E-state index in [0.717, 1.165) is 30.4 Å². The summed E-state index contributed by atoms with van der Waals surface area (Å²) in [6, 6.07) is 5.46. The van der Waals surface area contributed by atoms with Crippen molar-refractivity contribution in [1.82, 2.24) is 14.8 Å². The molecular formula is C16H26N4. The minimum Gasteiger partial charge on any atom is -0.397 e. The molecule has 20 heavy (non-hydrogen) atoms. The third-order valence-electron chi connectivity index (χ3n) is 4.82. The van der Waals surface area contributed by atoms with Gasteiger partial charge in [-0.25, -0.2) is 0 Å². The van der Waals surface area contributed by atoms with E-state index in [1.54, 1.807) is 6.20 Å². The Morgan fingerprint density at radius 2 is 2.20 bits per heavy atom. The molecular weight excluding hydrogens is 248 g/mol. The van der Waals surface area contributed by atoms with Gasteiger partial charge in [0.05, 0.1) is 11.9 Å². The zero-order valence-corrected chi connectivity index (χ0v) is 12.5. The van der Waals surface area contributed by atoms with Gasteiger partial charge in [-0.15, -0.1) is 0 Å². The summed E-state index contributed by atoms with van der Waals surface area (Å²) in [4.78, 5) is 9.75. The second-order valence-corrected chi connectivity index (χ2v) is 6.32. The van der Waals surface area contributed by atoms with E-state index in [2.05, 4.69) is 27.8 Å². The topological polar surface area (TPSA) is 45.4 Å². The molecule has 110 valence electrons. The summed E-state index contributed by atoms with van der Waals surface area (Å²) in [6.45, 7) is 7.25. The minimum atomic E-state index is 0.665. The number of piperazine rings is 1. The van der Waals surface area contributed by atoms with Crippen LogP contribution in [0.2, 0.25) is 0 Å². The van der Waals surface area contributed by atoms with Crippen LogP contribution in [-0.2, 0) is 6.42 Å². The normalized spacial score (nSPS) is 28.2. The number of pyridine rings is 1. The van der Waals surface area contributed by atoms with Gasteiger partial charge < -0.3 is 5.73 Å². The molecule has 0 amide bonds. The van der Waals surface area contributed by atoms with Crippen LogP contribution in [0, 0.1) is 0 Å². The molecule has 4 nitrogen and oxygen atoms in total. The third kappa shape index (κ3) is 3.13. The van der Waals surface area contributed by atoms with Crippen molar-refractivity contribution in [3.63, 3.8) is 0 Å². The molecule has 0 aromatic carbocycles. The van der Waals surface area contributed by atoms with Gasteiger partial charge in [-0.05, 0) is 38.4 Å². The van der Waals surface area contributed by atoms with Crippen LogP contribution >= 0.6 is 0 Å². The number of rotatable bonds is 3. The summed E-state index contributed by atoms with van der Waals surface area (Å²) >= 11 is 0. The molecule has 0 saturated carbocycles. The highest BCUT2D eigenvalue weighted by Crippen LogP contribution is 2.24. The fourth-order valence-electron chi connectivity index (χ4n) is 3.57. The summed E-state index contributed by atoms with van der Waals surface area (Å²) in [7, 11) is 0. The Labute approximate surface area is 122 Å². The van der Waals surface area contributed by atoms with E-state index >= 15 is 0 Å². The highest BCUT2D eigenvalue weighted by molar-refractivity contribution is 5.34. The van der Waals surface area contributed by atoms with E-state index in [9.17, 15) is 0 Å². The van der Waals surface area contributed by atoms with E-state index in [4.69, 9.17) is 5.73 Å². The third-order valence-corrected chi connectivity index (χ3v) is 4.82. The number of aromatic nitrogens is 1. The van der Waals surface area contributed by atoms with E-state index in [1.807, 2.05) is 6.07 Å². The van der Waals surface area contributed by atoms with Crippen molar-refractivity contribution in [3.8, 4) is 0 Å². The number of nitrogens with zero attached hydrogens (tertiary/aromatic N) is 3. The summed E-state index contributed by atoms with van der Waals surface area (Å²) in [5.41, 5.74) is 7.58. The maximum atomic E-state index is 5.68. The monoisotopic (exact) mass is 274 g/mol. The molecule has 2 unspecified atom stereocenters. The first kappa shape index (κ1) is 13.8. The molecule has 2 atom stereocenters. The molecule has 3 heterocycles. The molecule has 0 spiro atoms. The lowest BCUT2D eigenvalue weighted by molar-refractivity contribution is 0.0159. The van der Waals surface area contributed by atoms with Gasteiger partial charge in [-0.2, -0.15) is 0 Å². The van der Waals surface area contributed by atoms with Crippen LogP contribution in [0.4, 0.5) is 5.69 Å². The first-order chi connectivity index (χ1) is 9.72. The highest BCUT2D eigenvalue weighted by atomic mass is 15.3. The molecule has 3 rings (SSSR count). The van der Waals surface area contributed by atoms with Crippen molar-refractivity contribution < 1.29 is 0 Å². The van der Waals surface area contributed by atoms with Crippen molar-refractivity contribution >= 4 is 5.69 Å². The van der Waals surface area contributed by atoms with E-state index in [0.29, 0.717) is 6.04 Å². The number of nitrogens with two attached hydrogens (primary N) is 1. The van der Waals surface area contributed by atoms with Gasteiger partial charge in [0, 0.05) is 43.8 Å². The number of hydrogen-bond donors (Lipinski definition) is 1. The van der Waals surface area contributed by atoms with Crippen LogP contribution in [0.3, 0.4) is 0 Å². The van der Waals surface area contributed by atoms with Crippen LogP contribution in [0.15, 0.2) is 18.3 Å². The predicted octanol–water partition coefficient (Wildman–Crippen LogP) is 1.76. The number of piperidine rings is 1. The van der Waals surface area contributed by atoms with Gasteiger partial charge in [0.1, 0.15) is 0 Å². The number of hydrogen-bond acceptors (Lipinski definition) is 4. The average Bonchev–Trinajstić information content (AvgIpc) is 2.47. The average molecular weight is 274 g/mol. The standard InChI is InChI=1S/C16H26N4/c1-13-11-20-8-3-2-4-16(20)12-19(13)9-7-15-6-5-14(17)10-18-15/h5-6,10,13,16H,2-4,7-9,11-12,17H2,1H3. The molecule has 4 heteroatoms. The van der Waals surface area contributed by atoms with Gasteiger partial charge in [0.15, 0.2) is 0 Å². The molecule has 2 aliphatic rings. The Morgan fingerprint density at radius 3 is 3.00 bits per heavy atom. The van der Waals surface area contributed by atoms with Crippen LogP contribution in [0.25, 0.3) is 0 Å². The first-order valence-corrected chi connectivity index (χ1v) is 7.91. The molecule has 2 N–H and O–H groups in total. The number of fused-ring (bicyclic) bond motifs is 1. The fourth-order valence-corrected chi connectivity index (χ4v) is 3.57. The van der Waals surface area contributed by atoms with E-state index in [-0.39, 0.29) is 0 Å². The second kappa shape index (κ2) is 6.10. The fraction of sp³-hybridized carbons (Fsp3) is 0.688.